The van der Waals surface area contributed by atoms with Gasteiger partial charge in [-0.25, -0.2) is 0 Å². The van der Waals surface area contributed by atoms with Crippen molar-refractivity contribution in [1.82, 2.24) is 0 Å². The van der Waals surface area contributed by atoms with Crippen molar-refractivity contribution in [1.29, 1.82) is 0 Å². The zero-order valence-corrected chi connectivity index (χ0v) is 19.1. The second kappa shape index (κ2) is 10.5. The third kappa shape index (κ3) is 6.74. The van der Waals surface area contributed by atoms with Crippen LogP contribution in [0.2, 0.25) is 0 Å². The van der Waals surface area contributed by atoms with Crippen molar-refractivity contribution in [2.45, 2.75) is 58.5 Å². The lowest BCUT2D eigenvalue weighted by molar-refractivity contribution is -0.164. The second-order valence-electron chi connectivity index (χ2n) is 9.27. The summed E-state index contributed by atoms with van der Waals surface area (Å²) in [6.07, 6.45) is 3.52. The molecule has 2 atom stereocenters. The van der Waals surface area contributed by atoms with E-state index in [4.69, 9.17) is 19.9 Å². The first-order valence-corrected chi connectivity index (χ1v) is 11.2. The Kier molecular flexibility index (Phi) is 7.78. The Bertz CT molecular complexity index is 920. The van der Waals surface area contributed by atoms with Crippen molar-refractivity contribution in [3.8, 4) is 11.5 Å². The van der Waals surface area contributed by atoms with E-state index >= 15 is 0 Å². The van der Waals surface area contributed by atoms with Gasteiger partial charge in [0.05, 0.1) is 11.8 Å². The number of hydrogen-bond acceptors (Lipinski definition) is 5. The topological polar surface area (TPSA) is 87.8 Å². The van der Waals surface area contributed by atoms with E-state index in [2.05, 4.69) is 12.1 Å². The van der Waals surface area contributed by atoms with Crippen LogP contribution in [0.4, 0.5) is 0 Å². The number of aryl methyl sites for hydroxylation is 1. The van der Waals surface area contributed by atoms with Crippen molar-refractivity contribution in [3.63, 3.8) is 0 Å². The lowest BCUT2D eigenvalue weighted by Crippen LogP contribution is -2.39. The van der Waals surface area contributed by atoms with Gasteiger partial charge in [0, 0.05) is 0 Å². The molecule has 6 nitrogen and oxygen atoms in total. The summed E-state index contributed by atoms with van der Waals surface area (Å²) >= 11 is 0. The summed E-state index contributed by atoms with van der Waals surface area (Å²) in [6, 6.07) is 15.8. The average molecular weight is 440 g/mol. The summed E-state index contributed by atoms with van der Waals surface area (Å²) in [5.74, 6) is -0.824. The normalized spacial score (nSPS) is 14.6. The smallest absolute Gasteiger partial charge is 0.310 e. The van der Waals surface area contributed by atoms with E-state index in [1.165, 1.54) is 5.56 Å². The van der Waals surface area contributed by atoms with Crippen molar-refractivity contribution in [2.75, 3.05) is 6.79 Å². The van der Waals surface area contributed by atoms with Crippen molar-refractivity contribution < 1.29 is 23.8 Å². The Morgan fingerprint density at radius 3 is 2.38 bits per heavy atom. The Balaban J connectivity index is 1.72. The molecule has 0 fully saturated rings. The number of benzene rings is 2. The molecule has 2 aromatic carbocycles. The van der Waals surface area contributed by atoms with Gasteiger partial charge in [-0.15, -0.1) is 0 Å². The molecule has 6 heteroatoms. The van der Waals surface area contributed by atoms with Gasteiger partial charge in [0.15, 0.2) is 11.5 Å². The monoisotopic (exact) mass is 439 g/mol. The van der Waals surface area contributed by atoms with E-state index < -0.39 is 23.3 Å². The lowest BCUT2D eigenvalue weighted by Gasteiger charge is -2.28. The van der Waals surface area contributed by atoms with Crippen LogP contribution in [0.1, 0.15) is 51.2 Å². The number of unbranched alkanes of at least 4 members (excludes halogenated alkanes) is 1. The average Bonchev–Trinajstić information content (AvgIpc) is 3.19. The van der Waals surface area contributed by atoms with Crippen LogP contribution in [0.15, 0.2) is 48.5 Å². The SMILES string of the molecule is CC(C)(C)OC(=O)C(CCCCc1ccccc1)[C@H](Cc1ccc2c(c1)OCO2)C(N)=O. The molecule has 0 radical (unpaired) electrons. The van der Waals surface area contributed by atoms with Crippen molar-refractivity contribution >= 4 is 11.9 Å². The van der Waals surface area contributed by atoms with E-state index in [9.17, 15) is 9.59 Å². The van der Waals surface area contributed by atoms with Crippen LogP contribution in [-0.4, -0.2) is 24.3 Å². The molecule has 1 unspecified atom stereocenters. The minimum atomic E-state index is -0.665. The molecule has 0 saturated heterocycles. The summed E-state index contributed by atoms with van der Waals surface area (Å²) < 4.78 is 16.5. The molecular weight excluding hydrogens is 406 g/mol. The molecule has 1 aliphatic rings. The van der Waals surface area contributed by atoms with Gasteiger partial charge in [-0.1, -0.05) is 42.8 Å². The maximum Gasteiger partial charge on any atom is 0.310 e. The van der Waals surface area contributed by atoms with Gasteiger partial charge in [-0.3, -0.25) is 9.59 Å². The fraction of sp³-hybridized carbons (Fsp3) is 0.462. The number of ether oxygens (including phenoxy) is 3. The van der Waals surface area contributed by atoms with Crippen LogP contribution >= 0.6 is 0 Å². The van der Waals surface area contributed by atoms with Crippen LogP contribution in [0, 0.1) is 11.8 Å². The zero-order valence-electron chi connectivity index (χ0n) is 19.1. The van der Waals surface area contributed by atoms with Gasteiger partial charge >= 0.3 is 5.97 Å². The third-order valence-corrected chi connectivity index (χ3v) is 5.53. The summed E-state index contributed by atoms with van der Waals surface area (Å²) in [4.78, 5) is 25.5. The van der Waals surface area contributed by atoms with Crippen molar-refractivity contribution in [2.24, 2.45) is 17.6 Å². The first-order chi connectivity index (χ1) is 15.2. The molecule has 2 N–H and O–H groups in total. The number of esters is 1. The number of carbonyl (C=O) groups is 2. The number of hydrogen-bond donors (Lipinski definition) is 1. The number of carbonyl (C=O) groups excluding carboxylic acids is 2. The quantitative estimate of drug-likeness (QED) is 0.437. The highest BCUT2D eigenvalue weighted by atomic mass is 16.7. The number of nitrogens with two attached hydrogens (primary N) is 1. The summed E-state index contributed by atoms with van der Waals surface area (Å²) in [5, 5.41) is 0. The second-order valence-corrected chi connectivity index (χ2v) is 9.27. The van der Waals surface area contributed by atoms with E-state index in [1.807, 2.05) is 57.2 Å². The van der Waals surface area contributed by atoms with Gasteiger partial charge < -0.3 is 19.9 Å². The molecule has 32 heavy (non-hydrogen) atoms. The molecule has 0 saturated carbocycles. The molecule has 1 aliphatic heterocycles. The molecule has 2 aromatic rings. The van der Waals surface area contributed by atoms with Gasteiger partial charge in [-0.05, 0) is 69.7 Å². The molecule has 0 spiro atoms. The molecule has 172 valence electrons. The fourth-order valence-electron chi connectivity index (χ4n) is 3.96. The predicted molar refractivity (Wildman–Crippen MR) is 122 cm³/mol. The fourth-order valence-corrected chi connectivity index (χ4v) is 3.96. The van der Waals surface area contributed by atoms with E-state index in [-0.39, 0.29) is 12.8 Å². The summed E-state index contributed by atoms with van der Waals surface area (Å²) in [7, 11) is 0. The lowest BCUT2D eigenvalue weighted by atomic mass is 9.82. The zero-order chi connectivity index (χ0) is 23.1. The largest absolute Gasteiger partial charge is 0.460 e. The Morgan fingerprint density at radius 2 is 1.69 bits per heavy atom. The number of rotatable bonds is 10. The van der Waals surface area contributed by atoms with Crippen LogP contribution in [0.25, 0.3) is 0 Å². The van der Waals surface area contributed by atoms with Gasteiger partial charge in [0.2, 0.25) is 12.7 Å². The molecule has 0 aromatic heterocycles. The van der Waals surface area contributed by atoms with Gasteiger partial charge in [0.1, 0.15) is 5.60 Å². The maximum atomic E-state index is 13.1. The summed E-state index contributed by atoms with van der Waals surface area (Å²) in [6.45, 7) is 5.66. The molecular formula is C26H33NO5. The first-order valence-electron chi connectivity index (χ1n) is 11.2. The number of primary amides is 1. The maximum absolute atomic E-state index is 13.1. The predicted octanol–water partition coefficient (Wildman–Crippen LogP) is 4.43. The van der Waals surface area contributed by atoms with Crippen LogP contribution in [-0.2, 0) is 27.2 Å². The van der Waals surface area contributed by atoms with E-state index in [0.717, 1.165) is 24.8 Å². The minimum absolute atomic E-state index is 0.181. The highest BCUT2D eigenvalue weighted by Gasteiger charge is 2.35. The molecule has 1 amide bonds. The van der Waals surface area contributed by atoms with Crippen LogP contribution < -0.4 is 15.2 Å². The van der Waals surface area contributed by atoms with Gasteiger partial charge in [-0.2, -0.15) is 0 Å². The van der Waals surface area contributed by atoms with E-state index in [1.54, 1.807) is 0 Å². The third-order valence-electron chi connectivity index (χ3n) is 5.53. The minimum Gasteiger partial charge on any atom is -0.460 e. The first kappa shape index (κ1) is 23.6. The Labute approximate surface area is 190 Å². The standard InChI is InChI=1S/C26H33NO5/c1-26(2,3)32-25(29)20(12-8-7-11-18-9-5-4-6-10-18)21(24(27)28)15-19-13-14-22-23(16-19)31-17-30-22/h4-6,9-10,13-14,16,20-21H,7-8,11-12,15,17H2,1-3H3,(H2,27,28)/t20?,21-/m0/s1. The highest BCUT2D eigenvalue weighted by molar-refractivity contribution is 5.84. The molecule has 0 aliphatic carbocycles. The number of amides is 1. The molecule has 3 rings (SSSR count). The van der Waals surface area contributed by atoms with Crippen LogP contribution in [0.3, 0.4) is 0 Å². The van der Waals surface area contributed by atoms with Crippen molar-refractivity contribution in [3.05, 3.63) is 59.7 Å². The summed E-state index contributed by atoms with van der Waals surface area (Å²) in [5.41, 5.74) is 7.28. The molecule has 1 heterocycles. The van der Waals surface area contributed by atoms with E-state index in [0.29, 0.717) is 24.3 Å². The van der Waals surface area contributed by atoms with Crippen LogP contribution in [0.5, 0.6) is 11.5 Å². The molecule has 0 bridgehead atoms. The Hall–Kier alpha value is -3.02. The highest BCUT2D eigenvalue weighted by Crippen LogP contribution is 2.34. The Morgan fingerprint density at radius 1 is 0.969 bits per heavy atom. The number of fused-ring (bicyclic) bond motifs is 1. The van der Waals surface area contributed by atoms with Gasteiger partial charge in [0.25, 0.3) is 0 Å².